The molecule has 0 aliphatic carbocycles. The molecule has 0 fully saturated rings. The Balaban J connectivity index is 2.32. The monoisotopic (exact) mass is 321 g/mol. The standard InChI is InChI=1S/C17H17F2NO3/c1-9-11(10-5-6-12(18)13(19)7-10)8-14(23-9)15(21)16(22)20-17(2,3)4/h5-8H,1-4H3,(H,20,22). The average Bonchev–Trinajstić information content (AvgIpc) is 2.81. The van der Waals surface area contributed by atoms with E-state index in [1.165, 1.54) is 12.1 Å². The summed E-state index contributed by atoms with van der Waals surface area (Å²) in [4.78, 5) is 24.0. The summed E-state index contributed by atoms with van der Waals surface area (Å²) >= 11 is 0. The number of amides is 1. The number of hydrogen-bond acceptors (Lipinski definition) is 3. The molecule has 6 heteroatoms. The zero-order chi connectivity index (χ0) is 17.4. The van der Waals surface area contributed by atoms with Crippen LogP contribution in [-0.2, 0) is 4.79 Å². The van der Waals surface area contributed by atoms with E-state index in [0.717, 1.165) is 12.1 Å². The van der Waals surface area contributed by atoms with E-state index < -0.39 is 28.9 Å². The van der Waals surface area contributed by atoms with Gasteiger partial charge in [-0.25, -0.2) is 8.78 Å². The first-order valence-corrected chi connectivity index (χ1v) is 7.01. The summed E-state index contributed by atoms with van der Waals surface area (Å²) in [7, 11) is 0. The number of aryl methyl sites for hydroxylation is 1. The second kappa shape index (κ2) is 5.95. The van der Waals surface area contributed by atoms with Crippen LogP contribution in [0.25, 0.3) is 11.1 Å². The van der Waals surface area contributed by atoms with Gasteiger partial charge in [0.2, 0.25) is 0 Å². The van der Waals surface area contributed by atoms with Crippen molar-refractivity contribution in [1.82, 2.24) is 5.32 Å². The summed E-state index contributed by atoms with van der Waals surface area (Å²) in [6, 6.07) is 4.73. The van der Waals surface area contributed by atoms with Crippen molar-refractivity contribution in [2.75, 3.05) is 0 Å². The summed E-state index contributed by atoms with van der Waals surface area (Å²) in [5.74, 6) is -3.39. The Morgan fingerprint density at radius 3 is 2.30 bits per heavy atom. The van der Waals surface area contributed by atoms with Crippen molar-refractivity contribution < 1.29 is 22.8 Å². The summed E-state index contributed by atoms with van der Waals surface area (Å²) in [6.07, 6.45) is 0. The van der Waals surface area contributed by atoms with Crippen molar-refractivity contribution >= 4 is 11.7 Å². The molecule has 2 rings (SSSR count). The largest absolute Gasteiger partial charge is 0.457 e. The Kier molecular flexibility index (Phi) is 4.36. The maximum Gasteiger partial charge on any atom is 0.296 e. The number of nitrogens with one attached hydrogen (secondary N) is 1. The van der Waals surface area contributed by atoms with Crippen molar-refractivity contribution in [3.8, 4) is 11.1 Å². The first kappa shape index (κ1) is 16.9. The third kappa shape index (κ3) is 3.83. The average molecular weight is 321 g/mol. The number of benzene rings is 1. The lowest BCUT2D eigenvalue weighted by Gasteiger charge is -2.19. The molecule has 4 nitrogen and oxygen atoms in total. The van der Waals surface area contributed by atoms with Crippen LogP contribution >= 0.6 is 0 Å². The number of Topliss-reactive ketones (excluding diaryl/α,β-unsaturated/α-hetero) is 1. The highest BCUT2D eigenvalue weighted by Crippen LogP contribution is 2.28. The van der Waals surface area contributed by atoms with E-state index in [-0.39, 0.29) is 5.76 Å². The van der Waals surface area contributed by atoms with E-state index in [2.05, 4.69) is 5.32 Å². The molecule has 1 heterocycles. The van der Waals surface area contributed by atoms with Gasteiger partial charge >= 0.3 is 0 Å². The number of carbonyl (C=O) groups is 2. The van der Waals surface area contributed by atoms with E-state index in [4.69, 9.17) is 4.42 Å². The molecule has 1 amide bonds. The Morgan fingerprint density at radius 2 is 1.74 bits per heavy atom. The second-order valence-corrected chi connectivity index (χ2v) is 6.24. The molecule has 1 aromatic carbocycles. The Morgan fingerprint density at radius 1 is 1.09 bits per heavy atom. The molecule has 2 aromatic rings. The summed E-state index contributed by atoms with van der Waals surface area (Å²) in [6.45, 7) is 6.82. The van der Waals surface area contributed by atoms with Gasteiger partial charge < -0.3 is 9.73 Å². The molecule has 0 aliphatic rings. The third-order valence-corrected chi connectivity index (χ3v) is 3.07. The van der Waals surface area contributed by atoms with Crippen LogP contribution in [0.1, 0.15) is 37.1 Å². The SMILES string of the molecule is Cc1oc(C(=O)C(=O)NC(C)(C)C)cc1-c1ccc(F)c(F)c1. The fourth-order valence-electron chi connectivity index (χ4n) is 2.05. The molecular weight excluding hydrogens is 304 g/mol. The highest BCUT2D eigenvalue weighted by Gasteiger charge is 2.25. The summed E-state index contributed by atoms with van der Waals surface area (Å²) < 4.78 is 31.7. The molecule has 0 radical (unpaired) electrons. The van der Waals surface area contributed by atoms with Gasteiger partial charge in [-0.15, -0.1) is 0 Å². The first-order chi connectivity index (χ1) is 10.6. The molecule has 0 spiro atoms. The lowest BCUT2D eigenvalue weighted by molar-refractivity contribution is -0.118. The molecule has 0 saturated carbocycles. The molecule has 23 heavy (non-hydrogen) atoms. The molecule has 0 bridgehead atoms. The Bertz CT molecular complexity index is 773. The predicted octanol–water partition coefficient (Wildman–Crippen LogP) is 3.63. The van der Waals surface area contributed by atoms with Crippen LogP contribution in [0.15, 0.2) is 28.7 Å². The maximum atomic E-state index is 13.3. The molecule has 0 unspecified atom stereocenters. The van der Waals surface area contributed by atoms with Crippen LogP contribution < -0.4 is 5.32 Å². The van der Waals surface area contributed by atoms with E-state index in [0.29, 0.717) is 16.9 Å². The second-order valence-electron chi connectivity index (χ2n) is 6.24. The first-order valence-electron chi connectivity index (χ1n) is 7.01. The summed E-state index contributed by atoms with van der Waals surface area (Å²) in [5.41, 5.74) is 0.230. The zero-order valence-corrected chi connectivity index (χ0v) is 13.3. The van der Waals surface area contributed by atoms with Gasteiger partial charge in [-0.1, -0.05) is 6.07 Å². The quantitative estimate of drug-likeness (QED) is 0.694. The van der Waals surface area contributed by atoms with Gasteiger partial charge in [0.1, 0.15) is 5.76 Å². The van der Waals surface area contributed by atoms with Gasteiger partial charge in [-0.2, -0.15) is 0 Å². The lowest BCUT2D eigenvalue weighted by Crippen LogP contribution is -2.44. The number of furan rings is 1. The topological polar surface area (TPSA) is 59.3 Å². The van der Waals surface area contributed by atoms with Crippen LogP contribution in [0, 0.1) is 18.6 Å². The van der Waals surface area contributed by atoms with Gasteiger partial charge in [-0.3, -0.25) is 9.59 Å². The van der Waals surface area contributed by atoms with Crippen molar-refractivity contribution in [3.63, 3.8) is 0 Å². The van der Waals surface area contributed by atoms with Gasteiger partial charge in [0, 0.05) is 11.1 Å². The van der Waals surface area contributed by atoms with E-state index in [9.17, 15) is 18.4 Å². The smallest absolute Gasteiger partial charge is 0.296 e. The van der Waals surface area contributed by atoms with E-state index in [1.807, 2.05) is 0 Å². The Labute approximate surface area is 132 Å². The number of carbonyl (C=O) groups excluding carboxylic acids is 2. The molecular formula is C17H17F2NO3. The minimum Gasteiger partial charge on any atom is -0.457 e. The molecule has 122 valence electrons. The van der Waals surface area contributed by atoms with Gasteiger partial charge in [0.15, 0.2) is 17.4 Å². The highest BCUT2D eigenvalue weighted by atomic mass is 19.2. The maximum absolute atomic E-state index is 13.3. The fraction of sp³-hybridized carbons (Fsp3) is 0.294. The normalized spacial score (nSPS) is 11.4. The lowest BCUT2D eigenvalue weighted by atomic mass is 10.1. The van der Waals surface area contributed by atoms with E-state index >= 15 is 0 Å². The van der Waals surface area contributed by atoms with Crippen molar-refractivity contribution in [1.29, 1.82) is 0 Å². The highest BCUT2D eigenvalue weighted by molar-refractivity contribution is 6.42. The third-order valence-electron chi connectivity index (χ3n) is 3.07. The minimum absolute atomic E-state index is 0.149. The van der Waals surface area contributed by atoms with Crippen LogP contribution in [0.4, 0.5) is 8.78 Å². The molecule has 0 atom stereocenters. The van der Waals surface area contributed by atoms with Gasteiger partial charge in [0.05, 0.1) is 0 Å². The number of halogens is 2. The number of ketones is 1. The number of hydrogen-bond donors (Lipinski definition) is 1. The minimum atomic E-state index is -0.999. The predicted molar refractivity (Wildman–Crippen MR) is 81.0 cm³/mol. The molecule has 0 saturated heterocycles. The van der Waals surface area contributed by atoms with Crippen LogP contribution in [-0.4, -0.2) is 17.2 Å². The molecule has 0 aliphatic heterocycles. The van der Waals surface area contributed by atoms with E-state index in [1.54, 1.807) is 27.7 Å². The van der Waals surface area contributed by atoms with Gasteiger partial charge in [-0.05, 0) is 51.5 Å². The molecule has 1 aromatic heterocycles. The zero-order valence-electron chi connectivity index (χ0n) is 13.3. The Hall–Kier alpha value is -2.50. The van der Waals surface area contributed by atoms with Crippen LogP contribution in [0.2, 0.25) is 0 Å². The van der Waals surface area contributed by atoms with Crippen molar-refractivity contribution in [2.45, 2.75) is 33.2 Å². The van der Waals surface area contributed by atoms with Crippen molar-refractivity contribution in [2.24, 2.45) is 0 Å². The fourth-order valence-corrected chi connectivity index (χ4v) is 2.05. The van der Waals surface area contributed by atoms with Crippen LogP contribution in [0.5, 0.6) is 0 Å². The number of rotatable bonds is 3. The molecule has 1 N–H and O–H groups in total. The van der Waals surface area contributed by atoms with Gasteiger partial charge in [0.25, 0.3) is 11.7 Å². The van der Waals surface area contributed by atoms with Crippen LogP contribution in [0.3, 0.4) is 0 Å². The van der Waals surface area contributed by atoms with Crippen molar-refractivity contribution in [3.05, 3.63) is 47.4 Å². The summed E-state index contributed by atoms with van der Waals surface area (Å²) in [5, 5.41) is 2.54.